The van der Waals surface area contributed by atoms with Gasteiger partial charge in [0.25, 0.3) is 5.91 Å². The number of carbonyl (C=O) groups is 1. The number of amides is 1. The molecule has 0 aliphatic heterocycles. The second-order valence-corrected chi connectivity index (χ2v) is 8.32. The summed E-state index contributed by atoms with van der Waals surface area (Å²) in [5.74, 6) is 0.621. The van der Waals surface area contributed by atoms with Crippen LogP contribution in [0.25, 0.3) is 6.08 Å². The molecule has 0 spiro atoms. The quantitative estimate of drug-likeness (QED) is 0.266. The van der Waals surface area contributed by atoms with Gasteiger partial charge in [-0.2, -0.15) is 5.26 Å². The molecule has 3 rings (SSSR count). The summed E-state index contributed by atoms with van der Waals surface area (Å²) in [7, 11) is 1.53. The normalized spacial score (nSPS) is 10.9. The van der Waals surface area contributed by atoms with Crippen molar-refractivity contribution in [3.8, 4) is 17.6 Å². The van der Waals surface area contributed by atoms with Gasteiger partial charge in [-0.15, -0.1) is 0 Å². The van der Waals surface area contributed by atoms with Gasteiger partial charge in [-0.3, -0.25) is 4.79 Å². The summed E-state index contributed by atoms with van der Waals surface area (Å²) >= 11 is 15.4. The molecule has 0 radical (unpaired) electrons. The Morgan fingerprint density at radius 2 is 1.88 bits per heavy atom. The summed E-state index contributed by atoms with van der Waals surface area (Å²) < 4.78 is 11.8. The highest BCUT2D eigenvalue weighted by Gasteiger charge is 2.12. The Kier molecular flexibility index (Phi) is 8.18. The fourth-order valence-corrected chi connectivity index (χ4v) is 3.60. The van der Waals surface area contributed by atoms with Gasteiger partial charge in [0, 0.05) is 31.3 Å². The Morgan fingerprint density at radius 3 is 2.53 bits per heavy atom. The lowest BCUT2D eigenvalue weighted by Crippen LogP contribution is -2.13. The van der Waals surface area contributed by atoms with Gasteiger partial charge >= 0.3 is 0 Å². The number of hydrogen-bond donors (Lipinski definition) is 1. The summed E-state index contributed by atoms with van der Waals surface area (Å²) in [5.41, 5.74) is 1.88. The molecular weight excluding hydrogens is 515 g/mol. The van der Waals surface area contributed by atoms with Crippen molar-refractivity contribution < 1.29 is 14.3 Å². The number of carbonyl (C=O) groups excluding carboxylic acids is 1. The summed E-state index contributed by atoms with van der Waals surface area (Å²) in [6, 6.07) is 19.3. The minimum atomic E-state index is -0.531. The van der Waals surface area contributed by atoms with Crippen LogP contribution in [0.1, 0.15) is 11.1 Å². The van der Waals surface area contributed by atoms with Gasteiger partial charge in [0.15, 0.2) is 0 Å². The van der Waals surface area contributed by atoms with Crippen molar-refractivity contribution in [1.82, 2.24) is 0 Å². The van der Waals surface area contributed by atoms with E-state index in [1.165, 1.54) is 13.2 Å². The van der Waals surface area contributed by atoms with Gasteiger partial charge in [-0.1, -0.05) is 45.2 Å². The number of methoxy groups -OCH3 is 1. The van der Waals surface area contributed by atoms with Gasteiger partial charge in [0.2, 0.25) is 0 Å². The van der Waals surface area contributed by atoms with Crippen molar-refractivity contribution in [2.24, 2.45) is 0 Å². The Hall–Kier alpha value is -2.98. The first-order chi connectivity index (χ1) is 15.4. The fourth-order valence-electron chi connectivity index (χ4n) is 2.75. The van der Waals surface area contributed by atoms with Crippen molar-refractivity contribution >= 4 is 56.8 Å². The zero-order valence-electron chi connectivity index (χ0n) is 16.9. The third-order valence-electron chi connectivity index (χ3n) is 4.38. The molecule has 0 aliphatic carbocycles. The summed E-state index contributed by atoms with van der Waals surface area (Å²) in [6.07, 6.45) is 1.48. The molecule has 0 atom stereocenters. The van der Waals surface area contributed by atoms with E-state index in [2.05, 4.69) is 21.2 Å². The number of ether oxygens (including phenoxy) is 2. The van der Waals surface area contributed by atoms with Crippen LogP contribution in [-0.4, -0.2) is 13.0 Å². The second-order valence-electron chi connectivity index (χ2n) is 6.56. The molecule has 0 unspecified atom stereocenters. The second kappa shape index (κ2) is 11.1. The highest BCUT2D eigenvalue weighted by molar-refractivity contribution is 9.10. The molecule has 0 bridgehead atoms. The number of nitrogens with one attached hydrogen (secondary N) is 1. The molecule has 0 aromatic heterocycles. The van der Waals surface area contributed by atoms with E-state index >= 15 is 0 Å². The summed E-state index contributed by atoms with van der Waals surface area (Å²) in [6.45, 7) is 0.275. The molecule has 1 N–H and O–H groups in total. The maximum atomic E-state index is 12.6. The number of benzene rings is 3. The molecule has 5 nitrogen and oxygen atoms in total. The number of anilines is 1. The van der Waals surface area contributed by atoms with Crippen LogP contribution in [0.3, 0.4) is 0 Å². The molecule has 3 aromatic rings. The number of nitriles is 1. The first kappa shape index (κ1) is 23.7. The van der Waals surface area contributed by atoms with Gasteiger partial charge < -0.3 is 14.8 Å². The van der Waals surface area contributed by atoms with Gasteiger partial charge in [0.1, 0.15) is 29.7 Å². The van der Waals surface area contributed by atoms with Crippen molar-refractivity contribution in [3.63, 3.8) is 0 Å². The Balaban J connectivity index is 1.67. The molecule has 0 saturated carbocycles. The molecule has 0 heterocycles. The lowest BCUT2D eigenvalue weighted by atomic mass is 10.1. The molecule has 32 heavy (non-hydrogen) atoms. The topological polar surface area (TPSA) is 71.3 Å². The number of halogens is 3. The Labute approximate surface area is 204 Å². The van der Waals surface area contributed by atoms with E-state index in [1.807, 2.05) is 12.1 Å². The van der Waals surface area contributed by atoms with Crippen molar-refractivity contribution in [3.05, 3.63) is 91.9 Å². The van der Waals surface area contributed by atoms with Crippen LogP contribution >= 0.6 is 39.1 Å². The van der Waals surface area contributed by atoms with Crippen LogP contribution in [-0.2, 0) is 11.4 Å². The van der Waals surface area contributed by atoms with Crippen molar-refractivity contribution in [1.29, 1.82) is 5.26 Å². The third-order valence-corrected chi connectivity index (χ3v) is 5.46. The number of nitrogens with zero attached hydrogens (tertiary/aromatic N) is 1. The lowest BCUT2D eigenvalue weighted by molar-refractivity contribution is -0.112. The maximum absolute atomic E-state index is 12.6. The molecule has 0 aliphatic rings. The van der Waals surface area contributed by atoms with E-state index in [9.17, 15) is 10.1 Å². The first-order valence-electron chi connectivity index (χ1n) is 9.33. The van der Waals surface area contributed by atoms with Gasteiger partial charge in [-0.25, -0.2) is 0 Å². The van der Waals surface area contributed by atoms with E-state index in [0.717, 1.165) is 10.0 Å². The van der Waals surface area contributed by atoms with E-state index in [4.69, 9.17) is 32.7 Å². The molecule has 0 fully saturated rings. The van der Waals surface area contributed by atoms with Gasteiger partial charge in [0.05, 0.1) is 7.11 Å². The van der Waals surface area contributed by atoms with Gasteiger partial charge in [-0.05, 0) is 60.7 Å². The molecule has 3 aromatic carbocycles. The fraction of sp³-hybridized carbons (Fsp3) is 0.0833. The van der Waals surface area contributed by atoms with Crippen LogP contribution in [0, 0.1) is 11.3 Å². The van der Waals surface area contributed by atoms with E-state index in [0.29, 0.717) is 32.8 Å². The smallest absolute Gasteiger partial charge is 0.266 e. The summed E-state index contributed by atoms with van der Waals surface area (Å²) in [5, 5.41) is 13.3. The number of hydrogen-bond acceptors (Lipinski definition) is 4. The van der Waals surface area contributed by atoms with Crippen LogP contribution < -0.4 is 14.8 Å². The average molecular weight is 532 g/mol. The summed E-state index contributed by atoms with van der Waals surface area (Å²) in [4.78, 5) is 12.6. The SMILES string of the molecule is COc1ccc(Br)cc1/C=C(\C#N)C(=O)Nc1ccc(OCc2ccc(Cl)cc2Cl)cc1. The first-order valence-corrected chi connectivity index (χ1v) is 10.9. The molecular formula is C24H17BrCl2N2O3. The Morgan fingerprint density at radius 1 is 1.12 bits per heavy atom. The molecule has 162 valence electrons. The minimum absolute atomic E-state index is 0.0564. The minimum Gasteiger partial charge on any atom is -0.496 e. The van der Waals surface area contributed by atoms with E-state index in [1.54, 1.807) is 54.6 Å². The van der Waals surface area contributed by atoms with E-state index in [-0.39, 0.29) is 12.2 Å². The highest BCUT2D eigenvalue weighted by Crippen LogP contribution is 2.26. The molecule has 1 amide bonds. The third kappa shape index (κ3) is 6.27. The van der Waals surface area contributed by atoms with Crippen molar-refractivity contribution in [2.75, 3.05) is 12.4 Å². The van der Waals surface area contributed by atoms with Crippen LogP contribution in [0.5, 0.6) is 11.5 Å². The van der Waals surface area contributed by atoms with E-state index < -0.39 is 5.91 Å². The maximum Gasteiger partial charge on any atom is 0.266 e. The standard InChI is InChI=1S/C24H17BrCl2N2O3/c1-31-23-9-3-18(25)11-16(23)10-17(13-28)24(30)29-20-5-7-21(8-6-20)32-14-15-2-4-19(26)12-22(15)27/h2-12H,14H2,1H3,(H,29,30)/b17-10+. The van der Waals surface area contributed by atoms with Crippen LogP contribution in [0.15, 0.2) is 70.7 Å². The number of rotatable bonds is 7. The monoisotopic (exact) mass is 530 g/mol. The zero-order chi connectivity index (χ0) is 23.1. The predicted octanol–water partition coefficient (Wildman–Crippen LogP) is 6.89. The highest BCUT2D eigenvalue weighted by atomic mass is 79.9. The average Bonchev–Trinajstić information content (AvgIpc) is 2.78. The lowest BCUT2D eigenvalue weighted by Gasteiger charge is -2.10. The molecule has 0 saturated heterocycles. The van der Waals surface area contributed by atoms with Crippen LogP contribution in [0.4, 0.5) is 5.69 Å². The Bertz CT molecular complexity index is 1200. The molecule has 8 heteroatoms. The van der Waals surface area contributed by atoms with Crippen LogP contribution in [0.2, 0.25) is 10.0 Å². The predicted molar refractivity (Wildman–Crippen MR) is 130 cm³/mol. The largest absolute Gasteiger partial charge is 0.496 e. The zero-order valence-corrected chi connectivity index (χ0v) is 20.0. The van der Waals surface area contributed by atoms with Crippen molar-refractivity contribution in [2.45, 2.75) is 6.61 Å².